The van der Waals surface area contributed by atoms with Gasteiger partial charge >= 0.3 is 0 Å². The number of rotatable bonds is 14. The van der Waals surface area contributed by atoms with Crippen LogP contribution in [0.1, 0.15) is 83.6 Å². The quantitative estimate of drug-likeness (QED) is 0.206. The van der Waals surface area contributed by atoms with E-state index in [0.29, 0.717) is 5.91 Å². The van der Waals surface area contributed by atoms with Gasteiger partial charge < -0.3 is 16.0 Å². The fourth-order valence-corrected chi connectivity index (χ4v) is 5.09. The van der Waals surface area contributed by atoms with Gasteiger partial charge in [-0.2, -0.15) is 0 Å². The average molecular weight is 523 g/mol. The average Bonchev–Trinajstić information content (AvgIpc) is 2.76. The third-order valence-electron chi connectivity index (χ3n) is 6.68. The number of nitrogens with zero attached hydrogens (tertiary/aromatic N) is 1. The van der Waals surface area contributed by atoms with Crippen LogP contribution >= 0.6 is 36.4 Å². The SMILES string of the molecule is CCCC1CCC(C(=O)NCCCCCN(CCC)CCc2ccc(N)cc2Cl)CC1.Cl.Cl. The maximum Gasteiger partial charge on any atom is 0.223 e. The summed E-state index contributed by atoms with van der Waals surface area (Å²) < 4.78 is 0. The molecule has 0 spiro atoms. The Bertz CT molecular complexity index is 652. The fraction of sp³-hybridized carbons (Fsp3) is 0.731. The van der Waals surface area contributed by atoms with Gasteiger partial charge in [0.2, 0.25) is 5.91 Å². The summed E-state index contributed by atoms with van der Waals surface area (Å²) in [6.45, 7) is 8.56. The monoisotopic (exact) mass is 521 g/mol. The van der Waals surface area contributed by atoms with E-state index in [1.165, 1.54) is 37.7 Å². The molecule has 1 aliphatic rings. The summed E-state index contributed by atoms with van der Waals surface area (Å²) >= 11 is 6.32. The van der Waals surface area contributed by atoms with Crippen LogP contribution in [0.2, 0.25) is 5.02 Å². The van der Waals surface area contributed by atoms with Gasteiger partial charge in [0.25, 0.3) is 0 Å². The lowest BCUT2D eigenvalue weighted by molar-refractivity contribution is -0.126. The lowest BCUT2D eigenvalue weighted by Crippen LogP contribution is -2.34. The summed E-state index contributed by atoms with van der Waals surface area (Å²) in [5, 5.41) is 3.96. The van der Waals surface area contributed by atoms with Crippen molar-refractivity contribution in [2.75, 3.05) is 31.9 Å². The van der Waals surface area contributed by atoms with E-state index in [2.05, 4.69) is 24.1 Å². The highest BCUT2D eigenvalue weighted by Gasteiger charge is 2.25. The summed E-state index contributed by atoms with van der Waals surface area (Å²) in [6.07, 6.45) is 12.8. The maximum atomic E-state index is 12.4. The zero-order valence-electron chi connectivity index (χ0n) is 20.6. The van der Waals surface area contributed by atoms with Crippen molar-refractivity contribution in [2.45, 2.75) is 84.5 Å². The lowest BCUT2D eigenvalue weighted by Gasteiger charge is -2.27. The topological polar surface area (TPSA) is 58.4 Å². The molecule has 0 atom stereocenters. The van der Waals surface area contributed by atoms with Gasteiger partial charge in [0.1, 0.15) is 0 Å². The Morgan fingerprint density at radius 2 is 1.76 bits per heavy atom. The second-order valence-electron chi connectivity index (χ2n) is 9.30. The number of nitrogen functional groups attached to an aromatic ring is 1. The number of nitrogens with one attached hydrogen (secondary N) is 1. The first-order valence-electron chi connectivity index (χ1n) is 12.6. The fourth-order valence-electron chi connectivity index (χ4n) is 4.81. The Balaban J connectivity index is 0.00000512. The molecule has 4 nitrogen and oxygen atoms in total. The van der Waals surface area contributed by atoms with Gasteiger partial charge in [-0.05, 0) is 88.1 Å². The summed E-state index contributed by atoms with van der Waals surface area (Å²) in [5.74, 6) is 1.41. The Labute approximate surface area is 219 Å². The summed E-state index contributed by atoms with van der Waals surface area (Å²) in [4.78, 5) is 14.9. The van der Waals surface area contributed by atoms with E-state index in [4.69, 9.17) is 17.3 Å². The minimum absolute atomic E-state index is 0. The van der Waals surface area contributed by atoms with E-state index >= 15 is 0 Å². The van der Waals surface area contributed by atoms with Crippen molar-refractivity contribution in [1.82, 2.24) is 10.2 Å². The third-order valence-corrected chi connectivity index (χ3v) is 7.03. The molecule has 0 heterocycles. The number of hydrogen-bond acceptors (Lipinski definition) is 3. The number of carbonyl (C=O) groups excluding carboxylic acids is 1. The predicted octanol–water partition coefficient (Wildman–Crippen LogP) is 6.91. The van der Waals surface area contributed by atoms with Gasteiger partial charge in [-0.3, -0.25) is 4.79 Å². The van der Waals surface area contributed by atoms with Crippen molar-refractivity contribution in [2.24, 2.45) is 11.8 Å². The van der Waals surface area contributed by atoms with Gasteiger partial charge in [0.05, 0.1) is 0 Å². The molecule has 2 rings (SSSR count). The highest BCUT2D eigenvalue weighted by molar-refractivity contribution is 6.31. The predicted molar refractivity (Wildman–Crippen MR) is 148 cm³/mol. The first kappa shape index (κ1) is 32.3. The number of halogens is 3. The number of amides is 1. The van der Waals surface area contributed by atoms with Crippen LogP contribution in [-0.2, 0) is 11.2 Å². The molecule has 3 N–H and O–H groups in total. The van der Waals surface area contributed by atoms with E-state index < -0.39 is 0 Å². The van der Waals surface area contributed by atoms with Crippen LogP contribution in [0, 0.1) is 11.8 Å². The molecule has 1 saturated carbocycles. The molecule has 33 heavy (non-hydrogen) atoms. The number of hydrogen-bond donors (Lipinski definition) is 2. The number of benzene rings is 1. The van der Waals surface area contributed by atoms with E-state index in [0.717, 1.165) is 81.3 Å². The minimum Gasteiger partial charge on any atom is -0.399 e. The molecule has 0 unspecified atom stereocenters. The molecule has 0 bridgehead atoms. The van der Waals surface area contributed by atoms with Crippen LogP contribution < -0.4 is 11.1 Å². The normalized spacial score (nSPS) is 17.8. The molecule has 0 aromatic heterocycles. The van der Waals surface area contributed by atoms with Gasteiger partial charge in [-0.1, -0.05) is 50.8 Å². The van der Waals surface area contributed by atoms with Crippen molar-refractivity contribution in [1.29, 1.82) is 0 Å². The summed E-state index contributed by atoms with van der Waals surface area (Å²) in [6, 6.07) is 5.81. The Morgan fingerprint density at radius 1 is 1.03 bits per heavy atom. The minimum atomic E-state index is 0. The summed E-state index contributed by atoms with van der Waals surface area (Å²) in [5.41, 5.74) is 7.68. The zero-order chi connectivity index (χ0) is 22.5. The third kappa shape index (κ3) is 12.5. The lowest BCUT2D eigenvalue weighted by atomic mass is 9.80. The van der Waals surface area contributed by atoms with Crippen LogP contribution in [0.5, 0.6) is 0 Å². The molecule has 1 amide bonds. The standard InChI is InChI=1S/C26H44ClN3O.2ClH/c1-3-8-21-9-11-23(12-10-21)26(31)29-16-6-5-7-18-30(17-4-2)19-15-22-13-14-24(28)20-25(22)27;;/h13-14,20-21,23H,3-12,15-19,28H2,1-2H3,(H,29,31);2*1H. The van der Waals surface area contributed by atoms with Gasteiger partial charge in [0.15, 0.2) is 0 Å². The molecular formula is C26H46Cl3N3O. The summed E-state index contributed by atoms with van der Waals surface area (Å²) in [7, 11) is 0. The molecule has 1 fully saturated rings. The largest absolute Gasteiger partial charge is 0.399 e. The molecular weight excluding hydrogens is 477 g/mol. The molecule has 7 heteroatoms. The van der Waals surface area contributed by atoms with Crippen molar-refractivity contribution < 1.29 is 4.79 Å². The molecule has 1 aromatic carbocycles. The van der Waals surface area contributed by atoms with Crippen molar-refractivity contribution in [3.05, 3.63) is 28.8 Å². The number of nitrogens with two attached hydrogens (primary N) is 1. The van der Waals surface area contributed by atoms with Crippen LogP contribution in [0.15, 0.2) is 18.2 Å². The van der Waals surface area contributed by atoms with E-state index in [1.54, 1.807) is 0 Å². The zero-order valence-corrected chi connectivity index (χ0v) is 23.0. The van der Waals surface area contributed by atoms with E-state index in [1.807, 2.05) is 18.2 Å². The van der Waals surface area contributed by atoms with Crippen molar-refractivity contribution >= 4 is 48.0 Å². The highest BCUT2D eigenvalue weighted by Crippen LogP contribution is 2.31. The van der Waals surface area contributed by atoms with E-state index in [9.17, 15) is 4.79 Å². The first-order chi connectivity index (χ1) is 15.0. The number of carbonyl (C=O) groups is 1. The Kier molecular flexibility index (Phi) is 18.2. The molecule has 0 radical (unpaired) electrons. The molecule has 0 aliphatic heterocycles. The van der Waals surface area contributed by atoms with Gasteiger partial charge in [-0.25, -0.2) is 0 Å². The Hall–Kier alpha value is -0.680. The second kappa shape index (κ2) is 18.6. The van der Waals surface area contributed by atoms with E-state index in [-0.39, 0.29) is 30.7 Å². The Morgan fingerprint density at radius 3 is 2.39 bits per heavy atom. The number of anilines is 1. The molecule has 1 aromatic rings. The van der Waals surface area contributed by atoms with Crippen molar-refractivity contribution in [3.63, 3.8) is 0 Å². The van der Waals surface area contributed by atoms with Crippen LogP contribution in [0.4, 0.5) is 5.69 Å². The highest BCUT2D eigenvalue weighted by atomic mass is 35.5. The number of unbranched alkanes of at least 4 members (excludes halogenated alkanes) is 2. The molecule has 192 valence electrons. The smallest absolute Gasteiger partial charge is 0.223 e. The van der Waals surface area contributed by atoms with Crippen LogP contribution in [0.3, 0.4) is 0 Å². The first-order valence-corrected chi connectivity index (χ1v) is 12.9. The van der Waals surface area contributed by atoms with Crippen LogP contribution in [0.25, 0.3) is 0 Å². The molecule has 1 aliphatic carbocycles. The maximum absolute atomic E-state index is 12.4. The van der Waals surface area contributed by atoms with Crippen LogP contribution in [-0.4, -0.2) is 37.0 Å². The van der Waals surface area contributed by atoms with Gasteiger partial charge in [0, 0.05) is 29.7 Å². The second-order valence-corrected chi connectivity index (χ2v) is 9.71. The van der Waals surface area contributed by atoms with Gasteiger partial charge in [-0.15, -0.1) is 24.8 Å². The van der Waals surface area contributed by atoms with Crippen molar-refractivity contribution in [3.8, 4) is 0 Å². The molecule has 0 saturated heterocycles.